The molecule has 1 saturated heterocycles. The molecular weight excluding hydrogens is 236 g/mol. The third kappa shape index (κ3) is 2.92. The Bertz CT molecular complexity index is 464. The van der Waals surface area contributed by atoms with Gasteiger partial charge in [0.15, 0.2) is 0 Å². The van der Waals surface area contributed by atoms with Gasteiger partial charge in [0.1, 0.15) is 0 Å². The van der Waals surface area contributed by atoms with Gasteiger partial charge in [0, 0.05) is 31.3 Å². The minimum absolute atomic E-state index is 0.0411. The summed E-state index contributed by atoms with van der Waals surface area (Å²) in [6.07, 6.45) is 2.20. The minimum Gasteiger partial charge on any atom is -0.378 e. The first-order valence-electron chi connectivity index (χ1n) is 5.71. The fourth-order valence-corrected chi connectivity index (χ4v) is 2.23. The number of pyridine rings is 1. The SMILES string of the molecule is Cc1cc[nH]c(=O)c1CC(=S)N1CCOCC1. The lowest BCUT2D eigenvalue weighted by Gasteiger charge is -2.29. The number of aromatic nitrogens is 1. The van der Waals surface area contributed by atoms with Crippen molar-refractivity contribution in [3.63, 3.8) is 0 Å². The van der Waals surface area contributed by atoms with Gasteiger partial charge in [0.2, 0.25) is 0 Å². The molecule has 0 aliphatic carbocycles. The number of ether oxygens (including phenoxy) is 1. The van der Waals surface area contributed by atoms with Gasteiger partial charge in [-0.2, -0.15) is 0 Å². The van der Waals surface area contributed by atoms with Gasteiger partial charge in [0.25, 0.3) is 5.56 Å². The van der Waals surface area contributed by atoms with E-state index in [1.54, 1.807) is 6.20 Å². The number of aryl methyl sites for hydroxylation is 1. The van der Waals surface area contributed by atoms with Crippen LogP contribution in [0.3, 0.4) is 0 Å². The maximum Gasteiger partial charge on any atom is 0.251 e. The number of rotatable bonds is 2. The Morgan fingerprint density at radius 2 is 2.24 bits per heavy atom. The molecule has 0 saturated carbocycles. The van der Waals surface area contributed by atoms with E-state index in [0.29, 0.717) is 19.6 Å². The van der Waals surface area contributed by atoms with Crippen molar-refractivity contribution < 1.29 is 4.74 Å². The summed E-state index contributed by atoms with van der Waals surface area (Å²) in [4.78, 5) is 17.3. The van der Waals surface area contributed by atoms with Crippen molar-refractivity contribution in [3.05, 3.63) is 33.7 Å². The molecule has 0 atom stereocenters. The summed E-state index contributed by atoms with van der Waals surface area (Å²) in [5.41, 5.74) is 1.72. The minimum atomic E-state index is -0.0411. The summed E-state index contributed by atoms with van der Waals surface area (Å²) in [5, 5.41) is 0. The van der Waals surface area contributed by atoms with Gasteiger partial charge in [-0.1, -0.05) is 12.2 Å². The van der Waals surface area contributed by atoms with Crippen LogP contribution >= 0.6 is 12.2 Å². The van der Waals surface area contributed by atoms with Gasteiger partial charge in [-0.15, -0.1) is 0 Å². The second-order valence-corrected chi connectivity index (χ2v) is 4.61. The maximum absolute atomic E-state index is 11.7. The largest absolute Gasteiger partial charge is 0.378 e. The van der Waals surface area contributed by atoms with Gasteiger partial charge < -0.3 is 14.6 Å². The third-order valence-corrected chi connectivity index (χ3v) is 3.39. The molecule has 0 amide bonds. The van der Waals surface area contributed by atoms with E-state index in [1.165, 1.54) is 0 Å². The smallest absolute Gasteiger partial charge is 0.251 e. The summed E-state index contributed by atoms with van der Waals surface area (Å²) in [6, 6.07) is 1.90. The summed E-state index contributed by atoms with van der Waals surface area (Å²) in [7, 11) is 0. The van der Waals surface area contributed by atoms with E-state index in [2.05, 4.69) is 9.88 Å². The van der Waals surface area contributed by atoms with Crippen LogP contribution in [-0.2, 0) is 11.2 Å². The first-order valence-corrected chi connectivity index (χ1v) is 6.12. The molecule has 1 fully saturated rings. The molecule has 0 bridgehead atoms. The molecule has 1 N–H and O–H groups in total. The van der Waals surface area contributed by atoms with Crippen LogP contribution in [0, 0.1) is 6.92 Å². The molecule has 0 unspecified atom stereocenters. The number of aromatic amines is 1. The predicted octanol–water partition coefficient (Wildman–Crippen LogP) is 0.885. The highest BCUT2D eigenvalue weighted by atomic mass is 32.1. The highest BCUT2D eigenvalue weighted by Gasteiger charge is 2.15. The van der Waals surface area contributed by atoms with Crippen LogP contribution in [0.2, 0.25) is 0 Å². The van der Waals surface area contributed by atoms with E-state index in [1.807, 2.05) is 13.0 Å². The first kappa shape index (κ1) is 12.3. The second kappa shape index (κ2) is 5.42. The number of H-pyrrole nitrogens is 1. The van der Waals surface area contributed by atoms with Crippen LogP contribution in [0.1, 0.15) is 11.1 Å². The molecule has 17 heavy (non-hydrogen) atoms. The average molecular weight is 252 g/mol. The van der Waals surface area contributed by atoms with Crippen LogP contribution in [0.25, 0.3) is 0 Å². The van der Waals surface area contributed by atoms with E-state index in [9.17, 15) is 4.79 Å². The van der Waals surface area contributed by atoms with E-state index in [4.69, 9.17) is 17.0 Å². The lowest BCUT2D eigenvalue weighted by atomic mass is 10.1. The van der Waals surface area contributed by atoms with Gasteiger partial charge in [-0.05, 0) is 18.6 Å². The molecule has 5 heteroatoms. The van der Waals surface area contributed by atoms with Gasteiger partial charge >= 0.3 is 0 Å². The maximum atomic E-state index is 11.7. The Kier molecular flexibility index (Phi) is 3.91. The molecule has 1 aliphatic heterocycles. The Morgan fingerprint density at radius 3 is 2.88 bits per heavy atom. The zero-order chi connectivity index (χ0) is 12.3. The summed E-state index contributed by atoms with van der Waals surface area (Å²) >= 11 is 5.39. The molecule has 0 aromatic carbocycles. The summed E-state index contributed by atoms with van der Waals surface area (Å²) < 4.78 is 5.28. The lowest BCUT2D eigenvalue weighted by molar-refractivity contribution is 0.0684. The van der Waals surface area contributed by atoms with Crippen molar-refractivity contribution in [1.82, 2.24) is 9.88 Å². The van der Waals surface area contributed by atoms with E-state index in [0.717, 1.165) is 29.2 Å². The number of morpholine rings is 1. The Morgan fingerprint density at radius 1 is 1.53 bits per heavy atom. The first-order chi connectivity index (χ1) is 8.18. The molecule has 1 aromatic heterocycles. The molecular formula is C12H16N2O2S. The normalized spacial score (nSPS) is 15.9. The fourth-order valence-electron chi connectivity index (χ4n) is 1.90. The van der Waals surface area contributed by atoms with Crippen LogP contribution in [0.15, 0.2) is 17.1 Å². The number of hydrogen-bond acceptors (Lipinski definition) is 3. The molecule has 2 heterocycles. The molecule has 92 valence electrons. The monoisotopic (exact) mass is 252 g/mol. The number of thiocarbonyl (C=S) groups is 1. The van der Waals surface area contributed by atoms with Crippen molar-refractivity contribution in [2.75, 3.05) is 26.3 Å². The zero-order valence-electron chi connectivity index (χ0n) is 9.86. The fraction of sp³-hybridized carbons (Fsp3) is 0.500. The van der Waals surface area contributed by atoms with Gasteiger partial charge in [0.05, 0.1) is 18.2 Å². The van der Waals surface area contributed by atoms with Crippen molar-refractivity contribution in [2.45, 2.75) is 13.3 Å². The van der Waals surface area contributed by atoms with Gasteiger partial charge in [-0.25, -0.2) is 0 Å². The van der Waals surface area contributed by atoms with E-state index < -0.39 is 0 Å². The van der Waals surface area contributed by atoms with Crippen molar-refractivity contribution in [3.8, 4) is 0 Å². The molecule has 0 radical (unpaired) electrons. The highest BCUT2D eigenvalue weighted by Crippen LogP contribution is 2.07. The van der Waals surface area contributed by atoms with E-state index >= 15 is 0 Å². The van der Waals surface area contributed by atoms with Crippen LogP contribution in [0.4, 0.5) is 0 Å². The molecule has 0 spiro atoms. The van der Waals surface area contributed by atoms with Crippen LogP contribution in [0.5, 0.6) is 0 Å². The Labute approximate surface area is 106 Å². The average Bonchev–Trinajstić information content (AvgIpc) is 2.35. The van der Waals surface area contributed by atoms with Crippen molar-refractivity contribution >= 4 is 17.2 Å². The topological polar surface area (TPSA) is 45.3 Å². The lowest BCUT2D eigenvalue weighted by Crippen LogP contribution is -2.41. The summed E-state index contributed by atoms with van der Waals surface area (Å²) in [5.74, 6) is 0. The zero-order valence-corrected chi connectivity index (χ0v) is 10.7. The number of hydrogen-bond donors (Lipinski definition) is 1. The Hall–Kier alpha value is -1.20. The quantitative estimate of drug-likeness (QED) is 0.794. The predicted molar refractivity (Wildman–Crippen MR) is 70.5 cm³/mol. The molecule has 2 rings (SSSR count). The number of nitrogens with zero attached hydrogens (tertiary/aromatic N) is 1. The molecule has 1 aromatic rings. The summed E-state index contributed by atoms with van der Waals surface area (Å²) in [6.45, 7) is 5.01. The van der Waals surface area contributed by atoms with E-state index in [-0.39, 0.29) is 5.56 Å². The standard InChI is InChI=1S/C12H16N2O2S/c1-9-2-3-13-12(15)10(9)8-11(17)14-4-6-16-7-5-14/h2-3H,4-8H2,1H3,(H,13,15). The van der Waals surface area contributed by atoms with Crippen molar-refractivity contribution in [1.29, 1.82) is 0 Å². The van der Waals surface area contributed by atoms with Crippen LogP contribution < -0.4 is 5.56 Å². The third-order valence-electron chi connectivity index (χ3n) is 2.99. The number of nitrogens with one attached hydrogen (secondary N) is 1. The molecule has 1 aliphatic rings. The second-order valence-electron chi connectivity index (χ2n) is 4.14. The highest BCUT2D eigenvalue weighted by molar-refractivity contribution is 7.80. The van der Waals surface area contributed by atoms with Crippen molar-refractivity contribution in [2.24, 2.45) is 0 Å². The Balaban J connectivity index is 2.10. The molecule has 4 nitrogen and oxygen atoms in total. The van der Waals surface area contributed by atoms with Gasteiger partial charge in [-0.3, -0.25) is 4.79 Å². The van der Waals surface area contributed by atoms with Crippen LogP contribution in [-0.4, -0.2) is 41.2 Å².